The zero-order valence-corrected chi connectivity index (χ0v) is 5.27. The van der Waals surface area contributed by atoms with E-state index in [1.807, 2.05) is 0 Å². The third-order valence-corrected chi connectivity index (χ3v) is 1.89. The average molecular weight is 135 g/mol. The lowest BCUT2D eigenvalue weighted by molar-refractivity contribution is 0.375. The summed E-state index contributed by atoms with van der Waals surface area (Å²) in [5, 5.41) is 0. The van der Waals surface area contributed by atoms with Crippen LogP contribution in [0.5, 0.6) is 0 Å². The third-order valence-electron chi connectivity index (χ3n) is 1.03. The lowest BCUT2D eigenvalue weighted by Crippen LogP contribution is -1.86. The molecule has 0 bridgehead atoms. The summed E-state index contributed by atoms with van der Waals surface area (Å²) in [6, 6.07) is 0. The summed E-state index contributed by atoms with van der Waals surface area (Å²) in [6.45, 7) is 0. The number of rotatable bonds is 2. The van der Waals surface area contributed by atoms with E-state index in [1.165, 1.54) is 0 Å². The Morgan fingerprint density at radius 2 is 2.00 bits per heavy atom. The van der Waals surface area contributed by atoms with Gasteiger partial charge in [-0.2, -0.15) is 0 Å². The van der Waals surface area contributed by atoms with Crippen molar-refractivity contribution in [1.29, 1.82) is 0 Å². The molecule has 0 aromatic heterocycles. The van der Waals surface area contributed by atoms with Gasteiger partial charge in [0, 0.05) is 0 Å². The van der Waals surface area contributed by atoms with Crippen LogP contribution in [0, 0.1) is 5.92 Å². The summed E-state index contributed by atoms with van der Waals surface area (Å²) in [6.07, 6.45) is 1.86. The Morgan fingerprint density at radius 3 is 2.12 bits per heavy atom. The van der Waals surface area contributed by atoms with E-state index in [4.69, 9.17) is 9.79 Å². The summed E-state index contributed by atoms with van der Waals surface area (Å²) >= 11 is 0. The molecule has 0 atom stereocenters. The van der Waals surface area contributed by atoms with Crippen molar-refractivity contribution < 1.29 is 14.4 Å². The average Bonchev–Trinajstić information content (AvgIpc) is 2.12. The highest BCUT2D eigenvalue weighted by molar-refractivity contribution is 7.52. The lowest BCUT2D eigenvalue weighted by Gasteiger charge is -1.97. The van der Waals surface area contributed by atoms with Crippen molar-refractivity contribution >= 4 is 7.60 Å². The van der Waals surface area contributed by atoms with E-state index in [1.54, 1.807) is 0 Å². The molecule has 8 heavy (non-hydrogen) atoms. The molecule has 0 amide bonds. The van der Waals surface area contributed by atoms with Crippen molar-refractivity contribution in [3.63, 3.8) is 0 Å². The topological polar surface area (TPSA) is 57.5 Å². The predicted octanol–water partition coefficient (Wildman–Crippen LogP) is 0.532. The molecule has 0 aromatic rings. The zero-order chi connectivity index (χ0) is 6.20. The van der Waals surface area contributed by atoms with Gasteiger partial charge in [-0.1, -0.05) is 0 Å². The first kappa shape index (κ1) is 6.27. The molecule has 2 N–H and O–H groups in total. The van der Waals surface area contributed by atoms with E-state index in [2.05, 4.69) is 0 Å². The van der Waals surface area contributed by atoms with Crippen LogP contribution >= 0.6 is 7.60 Å². The van der Waals surface area contributed by atoms with Crippen molar-refractivity contribution in [2.45, 2.75) is 12.8 Å². The van der Waals surface area contributed by atoms with Crippen LogP contribution in [0.15, 0.2) is 0 Å². The summed E-state index contributed by atoms with van der Waals surface area (Å²) in [5.41, 5.74) is 0. The fraction of sp³-hybridized carbons (Fsp3) is 0.750. The molecule has 1 saturated carbocycles. The van der Waals surface area contributed by atoms with Gasteiger partial charge in [0.05, 0.1) is 6.16 Å². The smallest absolute Gasteiger partial charge is 0.324 e. The largest absolute Gasteiger partial charge is 0.326 e. The van der Waals surface area contributed by atoms with Gasteiger partial charge in [-0.25, -0.2) is 0 Å². The first-order chi connectivity index (χ1) is 3.58. The van der Waals surface area contributed by atoms with E-state index >= 15 is 0 Å². The van der Waals surface area contributed by atoms with Gasteiger partial charge in [-0.3, -0.25) is 4.57 Å². The van der Waals surface area contributed by atoms with Gasteiger partial charge in [-0.05, 0) is 18.8 Å². The highest BCUT2D eigenvalue weighted by atomic mass is 31.2. The fourth-order valence-electron chi connectivity index (χ4n) is 0.538. The second kappa shape index (κ2) is 1.83. The number of hydrogen-bond donors (Lipinski definition) is 2. The molecule has 4 heteroatoms. The second-order valence-corrected chi connectivity index (χ2v) is 3.72. The maximum Gasteiger partial charge on any atom is 0.326 e. The van der Waals surface area contributed by atoms with Crippen molar-refractivity contribution in [2.24, 2.45) is 0 Å². The normalized spacial score (nSPS) is 21.2. The molecule has 0 unspecified atom stereocenters. The first-order valence-corrected chi connectivity index (χ1v) is 4.26. The summed E-state index contributed by atoms with van der Waals surface area (Å²) in [5.74, 6) is 1.01. The van der Waals surface area contributed by atoms with Crippen LogP contribution in [-0.4, -0.2) is 15.9 Å². The zero-order valence-electron chi connectivity index (χ0n) is 4.37. The van der Waals surface area contributed by atoms with E-state index in [9.17, 15) is 4.57 Å². The van der Waals surface area contributed by atoms with E-state index < -0.39 is 7.60 Å². The molecular formula is C4H8O3P. The maximum atomic E-state index is 10.2. The standard InChI is InChI=1S/C4H8O3P/c5-8(6,7)3-4-1-2-4/h1-3H2,(H2,5,6,7). The van der Waals surface area contributed by atoms with Crippen LogP contribution in [0.4, 0.5) is 0 Å². The Kier molecular flexibility index (Phi) is 1.44. The molecule has 1 aliphatic rings. The molecule has 1 fully saturated rings. The van der Waals surface area contributed by atoms with Crippen LogP contribution in [0.25, 0.3) is 0 Å². The molecule has 0 aliphatic heterocycles. The molecule has 3 nitrogen and oxygen atoms in total. The molecule has 0 heterocycles. The molecule has 1 radical (unpaired) electrons. The molecular weight excluding hydrogens is 127 g/mol. The van der Waals surface area contributed by atoms with Gasteiger partial charge < -0.3 is 9.79 Å². The minimum absolute atomic E-state index is 0.0208. The highest BCUT2D eigenvalue weighted by Crippen LogP contribution is 2.46. The van der Waals surface area contributed by atoms with E-state index in [-0.39, 0.29) is 6.16 Å². The second-order valence-electron chi connectivity index (χ2n) is 2.07. The Morgan fingerprint density at radius 1 is 1.50 bits per heavy atom. The van der Waals surface area contributed by atoms with E-state index in [0.29, 0.717) is 0 Å². The van der Waals surface area contributed by atoms with Gasteiger partial charge >= 0.3 is 7.60 Å². The SMILES string of the molecule is O=P(O)(O)C[C]1CC1. The van der Waals surface area contributed by atoms with Gasteiger partial charge in [0.2, 0.25) is 0 Å². The van der Waals surface area contributed by atoms with Crippen molar-refractivity contribution in [3.05, 3.63) is 5.92 Å². The third kappa shape index (κ3) is 2.46. The fourth-order valence-corrected chi connectivity index (χ4v) is 1.44. The van der Waals surface area contributed by atoms with Crippen LogP contribution in [0.3, 0.4) is 0 Å². The Bertz CT molecular complexity index is 123. The maximum absolute atomic E-state index is 10.2. The molecule has 1 aliphatic carbocycles. The quantitative estimate of drug-likeness (QED) is 0.543. The van der Waals surface area contributed by atoms with Crippen molar-refractivity contribution in [2.75, 3.05) is 6.16 Å². The summed E-state index contributed by atoms with van der Waals surface area (Å²) < 4.78 is 10.2. The molecule has 0 saturated heterocycles. The Hall–Kier alpha value is 0.150. The summed E-state index contributed by atoms with van der Waals surface area (Å²) in [4.78, 5) is 16.6. The van der Waals surface area contributed by atoms with Gasteiger partial charge in [0.1, 0.15) is 0 Å². The predicted molar refractivity (Wildman–Crippen MR) is 29.4 cm³/mol. The minimum atomic E-state index is -3.70. The Labute approximate surface area is 47.9 Å². The molecule has 0 spiro atoms. The van der Waals surface area contributed by atoms with Crippen LogP contribution in [0.1, 0.15) is 12.8 Å². The van der Waals surface area contributed by atoms with Crippen LogP contribution < -0.4 is 0 Å². The van der Waals surface area contributed by atoms with Crippen LogP contribution in [-0.2, 0) is 4.57 Å². The molecule has 0 aromatic carbocycles. The molecule has 1 rings (SSSR count). The van der Waals surface area contributed by atoms with E-state index in [0.717, 1.165) is 18.8 Å². The first-order valence-electron chi connectivity index (χ1n) is 2.46. The van der Waals surface area contributed by atoms with Gasteiger partial charge in [0.15, 0.2) is 0 Å². The van der Waals surface area contributed by atoms with Crippen molar-refractivity contribution in [3.8, 4) is 0 Å². The van der Waals surface area contributed by atoms with Crippen molar-refractivity contribution in [1.82, 2.24) is 0 Å². The monoisotopic (exact) mass is 135 g/mol. The lowest BCUT2D eigenvalue weighted by atomic mass is 10.5. The van der Waals surface area contributed by atoms with Crippen LogP contribution in [0.2, 0.25) is 0 Å². The molecule has 47 valence electrons. The number of hydrogen-bond acceptors (Lipinski definition) is 1. The van der Waals surface area contributed by atoms with Gasteiger partial charge in [0.25, 0.3) is 0 Å². The highest BCUT2D eigenvalue weighted by Gasteiger charge is 2.29. The summed E-state index contributed by atoms with van der Waals surface area (Å²) in [7, 11) is -3.70. The minimum Gasteiger partial charge on any atom is -0.324 e. The van der Waals surface area contributed by atoms with Gasteiger partial charge in [-0.15, -0.1) is 0 Å². The Balaban J connectivity index is 2.26.